The highest BCUT2D eigenvalue weighted by Gasteiger charge is 2.23. The molecule has 3 unspecified atom stereocenters. The molecule has 0 aliphatic rings. The van der Waals surface area contributed by atoms with Gasteiger partial charge < -0.3 is 28.8 Å². The third-order valence-electron chi connectivity index (χ3n) is 14.2. The van der Waals surface area contributed by atoms with Crippen LogP contribution in [0.3, 0.4) is 0 Å². The van der Waals surface area contributed by atoms with E-state index in [0.29, 0.717) is 17.4 Å². The second kappa shape index (κ2) is 55.9. The molecule has 0 heterocycles. The summed E-state index contributed by atoms with van der Waals surface area (Å²) in [6.45, 7) is 4.62. The Morgan fingerprint density at radius 3 is 1.19 bits per heavy atom. The molecule has 0 radical (unpaired) electrons. The third-order valence-corrected chi connectivity index (χ3v) is 15.2. The number of nitrogens with one attached hydrogen (secondary N) is 1. The Balaban J connectivity index is 3.90. The number of aliphatic hydroxyl groups excluding tert-OH is 1. The van der Waals surface area contributed by atoms with Crippen molar-refractivity contribution in [3.05, 3.63) is 60.8 Å². The number of nitrogens with zero attached hydrogens (tertiary/aromatic N) is 1. The van der Waals surface area contributed by atoms with E-state index in [-0.39, 0.29) is 12.5 Å². The molecule has 8 nitrogen and oxygen atoms in total. The summed E-state index contributed by atoms with van der Waals surface area (Å²) in [5.41, 5.74) is 0. The molecular weight excluding hydrogens is 936 g/mol. The second-order valence-corrected chi connectivity index (χ2v) is 24.2. The van der Waals surface area contributed by atoms with Crippen LogP contribution in [0.2, 0.25) is 0 Å². The second-order valence-electron chi connectivity index (χ2n) is 22.8. The maximum absolute atomic E-state index is 12.9. The Labute approximate surface area is 460 Å². The molecule has 3 atom stereocenters. The molecular formula is C65H123N2O6P. The largest absolute Gasteiger partial charge is 0.756 e. The maximum Gasteiger partial charge on any atom is 0.268 e. The highest BCUT2D eigenvalue weighted by molar-refractivity contribution is 7.45. The lowest BCUT2D eigenvalue weighted by Crippen LogP contribution is -2.45. The summed E-state index contributed by atoms with van der Waals surface area (Å²) < 4.78 is 23.3. The molecule has 0 aliphatic carbocycles. The number of allylic oxidation sites excluding steroid dienone is 9. The highest BCUT2D eigenvalue weighted by Crippen LogP contribution is 2.38. The van der Waals surface area contributed by atoms with Crippen LogP contribution in [-0.4, -0.2) is 68.5 Å². The number of amides is 1. The van der Waals surface area contributed by atoms with Crippen molar-refractivity contribution in [3.8, 4) is 0 Å². The number of aliphatic hydroxyl groups is 1. The number of carbonyl (C=O) groups excluding carboxylic acids is 1. The minimum Gasteiger partial charge on any atom is -0.756 e. The third kappa shape index (κ3) is 57.9. The number of carbonyl (C=O) groups is 1. The first-order chi connectivity index (χ1) is 36.0. The molecule has 0 rings (SSSR count). The van der Waals surface area contributed by atoms with Gasteiger partial charge in [0.25, 0.3) is 7.82 Å². The number of phosphoric acid groups is 1. The first kappa shape index (κ1) is 72.2. The fourth-order valence-electron chi connectivity index (χ4n) is 9.24. The van der Waals surface area contributed by atoms with Crippen LogP contribution < -0.4 is 10.2 Å². The smallest absolute Gasteiger partial charge is 0.268 e. The van der Waals surface area contributed by atoms with Gasteiger partial charge in [-0.05, 0) is 70.6 Å². The molecule has 0 saturated heterocycles. The molecule has 0 aromatic carbocycles. The molecule has 74 heavy (non-hydrogen) atoms. The Bertz CT molecular complexity index is 1390. The van der Waals surface area contributed by atoms with Crippen LogP contribution in [0.1, 0.15) is 296 Å². The maximum atomic E-state index is 12.9. The summed E-state index contributed by atoms with van der Waals surface area (Å²) in [5, 5.41) is 13.8. The van der Waals surface area contributed by atoms with Crippen LogP contribution in [0.25, 0.3) is 0 Å². The summed E-state index contributed by atoms with van der Waals surface area (Å²) in [4.78, 5) is 25.5. The lowest BCUT2D eigenvalue weighted by atomic mass is 10.0. The predicted molar refractivity (Wildman–Crippen MR) is 321 cm³/mol. The van der Waals surface area contributed by atoms with E-state index >= 15 is 0 Å². The van der Waals surface area contributed by atoms with Crippen molar-refractivity contribution in [3.63, 3.8) is 0 Å². The van der Waals surface area contributed by atoms with E-state index in [9.17, 15) is 19.4 Å². The zero-order valence-corrected chi connectivity index (χ0v) is 50.4. The van der Waals surface area contributed by atoms with Crippen molar-refractivity contribution >= 4 is 13.7 Å². The van der Waals surface area contributed by atoms with Crippen LogP contribution in [-0.2, 0) is 18.4 Å². The summed E-state index contributed by atoms with van der Waals surface area (Å²) in [5.74, 6) is -0.204. The van der Waals surface area contributed by atoms with Gasteiger partial charge in [0.15, 0.2) is 0 Å². The number of hydrogen-bond acceptors (Lipinski definition) is 6. The van der Waals surface area contributed by atoms with Gasteiger partial charge in [-0.15, -0.1) is 0 Å². The van der Waals surface area contributed by atoms with Gasteiger partial charge in [-0.1, -0.05) is 280 Å². The van der Waals surface area contributed by atoms with Crippen molar-refractivity contribution in [2.24, 2.45) is 0 Å². The fourth-order valence-corrected chi connectivity index (χ4v) is 9.96. The van der Waals surface area contributed by atoms with Crippen molar-refractivity contribution < 1.29 is 32.9 Å². The SMILES string of the molecule is CCCCCCC/C=C\C/C=C\C/C=C\CCCCCCCCCCCCCCCCCCCCCCCCCCC(=O)NC(COP(=O)([O-])OCC[N+](C)(C)C)C(O)/C=C/CC/C=C/CCCCCCCCC. The van der Waals surface area contributed by atoms with Crippen molar-refractivity contribution in [2.45, 2.75) is 309 Å². The molecule has 1 amide bonds. The normalized spacial score (nSPS) is 14.2. The number of hydrogen-bond donors (Lipinski definition) is 2. The fraction of sp³-hybridized carbons (Fsp3) is 0.831. The van der Waals surface area contributed by atoms with Crippen LogP contribution in [0.15, 0.2) is 60.8 Å². The zero-order valence-electron chi connectivity index (χ0n) is 49.5. The molecule has 2 N–H and O–H groups in total. The molecule has 9 heteroatoms. The molecule has 0 fully saturated rings. The van der Waals surface area contributed by atoms with E-state index in [1.165, 1.54) is 225 Å². The first-order valence-electron chi connectivity index (χ1n) is 31.7. The van der Waals surface area contributed by atoms with Crippen molar-refractivity contribution in [2.75, 3.05) is 40.9 Å². The van der Waals surface area contributed by atoms with Gasteiger partial charge in [-0.25, -0.2) is 0 Å². The van der Waals surface area contributed by atoms with Crippen LogP contribution in [0.4, 0.5) is 0 Å². The lowest BCUT2D eigenvalue weighted by Gasteiger charge is -2.29. The molecule has 0 saturated carbocycles. The number of likely N-dealkylation sites (N-methyl/N-ethyl adjacent to an activating group) is 1. The van der Waals surface area contributed by atoms with Gasteiger partial charge in [0, 0.05) is 6.42 Å². The number of quaternary nitrogens is 1. The Morgan fingerprint density at radius 1 is 0.473 bits per heavy atom. The van der Waals surface area contributed by atoms with Gasteiger partial charge in [-0.2, -0.15) is 0 Å². The summed E-state index contributed by atoms with van der Waals surface area (Å²) in [6, 6.07) is -0.902. The standard InChI is InChI=1S/C65H123N2O6P/c1-6-8-10-12-14-16-18-20-21-22-23-24-25-26-27-28-29-30-31-32-33-34-35-36-37-38-39-40-41-42-43-44-45-47-49-51-53-55-57-59-65(69)66-63(62-73-74(70,71)72-61-60-67(3,4)5)64(68)58-56-54-52-50-48-46-19-17-15-13-11-9-7-2/h18,20,22-23,25-26,48,50,56,58,63-64,68H,6-17,19,21,24,27-47,49,51-55,57,59-62H2,1-5H3,(H-,66,69,70,71)/b20-18-,23-22-,26-25-,50-48+,58-56+. The lowest BCUT2D eigenvalue weighted by molar-refractivity contribution is -0.870. The minimum atomic E-state index is -4.60. The predicted octanol–water partition coefficient (Wildman–Crippen LogP) is 19.0. The monoisotopic (exact) mass is 1060 g/mol. The molecule has 0 spiro atoms. The van der Waals surface area contributed by atoms with Crippen LogP contribution in [0, 0.1) is 0 Å². The minimum absolute atomic E-state index is 0.00599. The van der Waals surface area contributed by atoms with E-state index in [1.807, 2.05) is 27.2 Å². The molecule has 0 aromatic heterocycles. The molecule has 0 bridgehead atoms. The first-order valence-corrected chi connectivity index (χ1v) is 33.1. The summed E-state index contributed by atoms with van der Waals surface area (Å²) >= 11 is 0. The molecule has 434 valence electrons. The Hall–Kier alpha value is -1.80. The summed E-state index contributed by atoms with van der Waals surface area (Å²) in [6.07, 6.45) is 76.3. The van der Waals surface area contributed by atoms with Gasteiger partial charge >= 0.3 is 0 Å². The number of unbranched alkanes of at least 4 members (excludes halogenated alkanes) is 37. The van der Waals surface area contributed by atoms with Crippen LogP contribution >= 0.6 is 7.82 Å². The van der Waals surface area contributed by atoms with E-state index in [0.717, 1.165) is 51.4 Å². The van der Waals surface area contributed by atoms with Crippen molar-refractivity contribution in [1.29, 1.82) is 0 Å². The van der Waals surface area contributed by atoms with Crippen molar-refractivity contribution in [1.82, 2.24) is 5.32 Å². The average Bonchev–Trinajstić information content (AvgIpc) is 3.36. The van der Waals surface area contributed by atoms with Gasteiger partial charge in [0.05, 0.1) is 39.9 Å². The van der Waals surface area contributed by atoms with E-state index < -0.39 is 26.6 Å². The molecule has 0 aliphatic heterocycles. The van der Waals surface area contributed by atoms with E-state index in [1.54, 1.807) is 6.08 Å². The van der Waals surface area contributed by atoms with Gasteiger partial charge in [-0.3, -0.25) is 9.36 Å². The Kier molecular flexibility index (Phi) is 54.6. The Morgan fingerprint density at radius 2 is 0.797 bits per heavy atom. The quantitative estimate of drug-likeness (QED) is 0.0272. The molecule has 0 aromatic rings. The average molecular weight is 1060 g/mol. The number of rotatable bonds is 58. The zero-order chi connectivity index (χ0) is 54.2. The highest BCUT2D eigenvalue weighted by atomic mass is 31.2. The van der Waals surface area contributed by atoms with Gasteiger partial charge in [0.1, 0.15) is 13.2 Å². The van der Waals surface area contributed by atoms with E-state index in [4.69, 9.17) is 9.05 Å². The summed E-state index contributed by atoms with van der Waals surface area (Å²) in [7, 11) is 1.25. The van der Waals surface area contributed by atoms with E-state index in [2.05, 4.69) is 67.8 Å². The van der Waals surface area contributed by atoms with Gasteiger partial charge in [0.2, 0.25) is 5.91 Å². The van der Waals surface area contributed by atoms with Crippen LogP contribution in [0.5, 0.6) is 0 Å². The number of phosphoric ester groups is 1. The topological polar surface area (TPSA) is 108 Å².